The van der Waals surface area contributed by atoms with Crippen LogP contribution < -0.4 is 20.7 Å². The lowest BCUT2D eigenvalue weighted by Crippen LogP contribution is -2.37. The van der Waals surface area contributed by atoms with Crippen molar-refractivity contribution in [3.05, 3.63) is 78.1 Å². The van der Waals surface area contributed by atoms with E-state index in [9.17, 15) is 4.79 Å². The van der Waals surface area contributed by atoms with E-state index in [-0.39, 0.29) is 11.9 Å². The molecule has 1 fully saturated rings. The van der Waals surface area contributed by atoms with Gasteiger partial charge in [-0.05, 0) is 85.3 Å². The molecule has 0 spiro atoms. The van der Waals surface area contributed by atoms with Gasteiger partial charge in [0.2, 0.25) is 0 Å². The Morgan fingerprint density at radius 3 is 2.58 bits per heavy atom. The summed E-state index contributed by atoms with van der Waals surface area (Å²) in [5.74, 6) is 1.25. The zero-order valence-electron chi connectivity index (χ0n) is 19.3. The van der Waals surface area contributed by atoms with Gasteiger partial charge in [0.1, 0.15) is 5.75 Å². The molecule has 1 saturated heterocycles. The molecule has 2 heterocycles. The first-order valence-electron chi connectivity index (χ1n) is 11.5. The highest BCUT2D eigenvalue weighted by atomic mass is 16.5. The number of ether oxygens (including phenoxy) is 1. The Labute approximate surface area is 195 Å². The van der Waals surface area contributed by atoms with E-state index in [1.807, 2.05) is 55.5 Å². The Kier molecular flexibility index (Phi) is 7.25. The van der Waals surface area contributed by atoms with Gasteiger partial charge < -0.3 is 20.7 Å². The fraction of sp³-hybridized carbons (Fsp3) is 0.333. The van der Waals surface area contributed by atoms with Crippen molar-refractivity contribution >= 4 is 11.6 Å². The predicted molar refractivity (Wildman–Crippen MR) is 133 cm³/mol. The Hall–Kier alpha value is -3.38. The molecule has 6 heteroatoms. The summed E-state index contributed by atoms with van der Waals surface area (Å²) in [6, 6.07) is 17.7. The number of nitrogens with one attached hydrogen (secondary N) is 1. The first-order valence-corrected chi connectivity index (χ1v) is 11.5. The van der Waals surface area contributed by atoms with E-state index in [1.165, 1.54) is 0 Å². The van der Waals surface area contributed by atoms with Gasteiger partial charge in [-0.25, -0.2) is 0 Å². The highest BCUT2D eigenvalue weighted by molar-refractivity contribution is 6.01. The number of hydrogen-bond acceptors (Lipinski definition) is 5. The fourth-order valence-electron chi connectivity index (χ4n) is 4.39. The monoisotopic (exact) mass is 444 g/mol. The molecule has 1 aromatic heterocycles. The number of carbonyl (C=O) groups excluding carboxylic acids is 1. The van der Waals surface area contributed by atoms with Crippen LogP contribution in [0.5, 0.6) is 5.75 Å². The summed E-state index contributed by atoms with van der Waals surface area (Å²) in [5.41, 5.74) is 10.7. The molecule has 1 atom stereocenters. The van der Waals surface area contributed by atoms with Crippen LogP contribution in [0.15, 0.2) is 67.0 Å². The third-order valence-electron chi connectivity index (χ3n) is 6.49. The first-order chi connectivity index (χ1) is 16.1. The second-order valence-electron chi connectivity index (χ2n) is 8.61. The zero-order valence-corrected chi connectivity index (χ0v) is 19.3. The van der Waals surface area contributed by atoms with Gasteiger partial charge >= 0.3 is 0 Å². The van der Waals surface area contributed by atoms with Gasteiger partial charge in [0.15, 0.2) is 0 Å². The molecule has 1 aliphatic rings. The molecule has 2 aromatic carbocycles. The third kappa shape index (κ3) is 5.34. The summed E-state index contributed by atoms with van der Waals surface area (Å²) in [6.45, 7) is 4.50. The maximum atomic E-state index is 13.4. The van der Waals surface area contributed by atoms with E-state index >= 15 is 0 Å². The Morgan fingerprint density at radius 2 is 1.88 bits per heavy atom. The second-order valence-corrected chi connectivity index (χ2v) is 8.61. The number of anilines is 1. The maximum absolute atomic E-state index is 13.4. The van der Waals surface area contributed by atoms with Gasteiger partial charge in [0.05, 0.1) is 24.4 Å². The van der Waals surface area contributed by atoms with E-state index in [1.54, 1.807) is 19.5 Å². The number of nitrogens with two attached hydrogens (primary N) is 1. The van der Waals surface area contributed by atoms with Crippen molar-refractivity contribution in [2.45, 2.75) is 25.8 Å². The van der Waals surface area contributed by atoms with Crippen LogP contribution in [0.4, 0.5) is 5.69 Å². The van der Waals surface area contributed by atoms with Crippen molar-refractivity contribution in [2.75, 3.05) is 31.6 Å². The molecule has 0 radical (unpaired) electrons. The van der Waals surface area contributed by atoms with Crippen LogP contribution in [0.3, 0.4) is 0 Å². The van der Waals surface area contributed by atoms with Crippen LogP contribution in [0.2, 0.25) is 0 Å². The lowest BCUT2D eigenvalue weighted by Gasteiger charge is -2.34. The second kappa shape index (κ2) is 10.5. The van der Waals surface area contributed by atoms with Crippen LogP contribution in [-0.2, 0) is 0 Å². The van der Waals surface area contributed by atoms with Crippen molar-refractivity contribution in [2.24, 2.45) is 11.7 Å². The lowest BCUT2D eigenvalue weighted by molar-refractivity contribution is 0.0940. The van der Waals surface area contributed by atoms with Gasteiger partial charge in [0.25, 0.3) is 5.91 Å². The number of hydrogen-bond donors (Lipinski definition) is 2. The molecule has 0 saturated carbocycles. The molecule has 0 bridgehead atoms. The van der Waals surface area contributed by atoms with Crippen molar-refractivity contribution < 1.29 is 9.53 Å². The smallest absolute Gasteiger partial charge is 0.253 e. The van der Waals surface area contributed by atoms with Gasteiger partial charge in [-0.15, -0.1) is 0 Å². The number of piperidine rings is 1. The third-order valence-corrected chi connectivity index (χ3v) is 6.49. The SMILES string of the molecule is COc1cccc([C@@H](C)NC(=O)c2ccc(-c3ccncc3)cc2N2CCC(CN)CC2)c1. The van der Waals surface area contributed by atoms with E-state index in [0.717, 1.165) is 60.6 Å². The molecule has 0 unspecified atom stereocenters. The van der Waals surface area contributed by atoms with E-state index in [2.05, 4.69) is 21.3 Å². The van der Waals surface area contributed by atoms with Crippen molar-refractivity contribution in [3.8, 4) is 16.9 Å². The summed E-state index contributed by atoms with van der Waals surface area (Å²) in [7, 11) is 1.65. The Balaban J connectivity index is 1.62. The molecule has 3 aromatic rings. The maximum Gasteiger partial charge on any atom is 0.253 e. The summed E-state index contributed by atoms with van der Waals surface area (Å²) in [6.07, 6.45) is 5.66. The largest absolute Gasteiger partial charge is 0.497 e. The molecular weight excluding hydrogens is 412 g/mol. The molecule has 6 nitrogen and oxygen atoms in total. The first kappa shape index (κ1) is 22.8. The number of pyridine rings is 1. The quantitative estimate of drug-likeness (QED) is 0.564. The Morgan fingerprint density at radius 1 is 1.12 bits per heavy atom. The molecule has 33 heavy (non-hydrogen) atoms. The van der Waals surface area contributed by atoms with Crippen molar-refractivity contribution in [1.82, 2.24) is 10.3 Å². The van der Waals surface area contributed by atoms with Crippen LogP contribution in [0.25, 0.3) is 11.1 Å². The van der Waals surface area contributed by atoms with Gasteiger partial charge in [-0.1, -0.05) is 18.2 Å². The average Bonchev–Trinajstić information content (AvgIpc) is 2.88. The molecule has 4 rings (SSSR count). The van der Waals surface area contributed by atoms with Crippen LogP contribution >= 0.6 is 0 Å². The minimum atomic E-state index is -0.150. The van der Waals surface area contributed by atoms with E-state index < -0.39 is 0 Å². The predicted octanol–water partition coefficient (Wildman–Crippen LogP) is 4.42. The lowest BCUT2D eigenvalue weighted by atomic mass is 9.95. The van der Waals surface area contributed by atoms with Gasteiger partial charge in [-0.2, -0.15) is 0 Å². The molecule has 1 aliphatic heterocycles. The van der Waals surface area contributed by atoms with Crippen molar-refractivity contribution in [1.29, 1.82) is 0 Å². The highest BCUT2D eigenvalue weighted by Crippen LogP contribution is 2.31. The molecule has 0 aliphatic carbocycles. The summed E-state index contributed by atoms with van der Waals surface area (Å²) in [5, 5.41) is 3.17. The van der Waals surface area contributed by atoms with E-state index in [0.29, 0.717) is 11.5 Å². The number of carbonyl (C=O) groups is 1. The standard InChI is InChI=1S/C27H32N4O2/c1-19(22-4-3-5-24(16-22)33-2)30-27(32)25-7-6-23(21-8-12-29-13-9-21)17-26(25)31-14-10-20(18-28)11-15-31/h3-9,12-13,16-17,19-20H,10-11,14-15,18,28H2,1-2H3,(H,30,32)/t19-/m1/s1. The summed E-state index contributed by atoms with van der Waals surface area (Å²) in [4.78, 5) is 19.9. The zero-order chi connectivity index (χ0) is 23.2. The van der Waals surface area contributed by atoms with Gasteiger partial charge in [-0.3, -0.25) is 9.78 Å². The molecule has 1 amide bonds. The van der Waals surface area contributed by atoms with Crippen LogP contribution in [0.1, 0.15) is 41.7 Å². The number of benzene rings is 2. The number of aromatic nitrogens is 1. The van der Waals surface area contributed by atoms with Gasteiger partial charge in [0, 0.05) is 25.5 Å². The fourth-order valence-corrected chi connectivity index (χ4v) is 4.39. The number of nitrogens with zero attached hydrogens (tertiary/aromatic N) is 2. The van der Waals surface area contributed by atoms with Crippen LogP contribution in [-0.4, -0.2) is 37.6 Å². The van der Waals surface area contributed by atoms with Crippen molar-refractivity contribution in [3.63, 3.8) is 0 Å². The number of methoxy groups -OCH3 is 1. The van der Waals surface area contributed by atoms with Crippen LogP contribution in [0, 0.1) is 5.92 Å². The molecule has 172 valence electrons. The summed E-state index contributed by atoms with van der Waals surface area (Å²) >= 11 is 0. The normalized spacial score (nSPS) is 15.2. The number of rotatable bonds is 7. The minimum Gasteiger partial charge on any atom is -0.497 e. The minimum absolute atomic E-state index is 0.0810. The molecule has 3 N–H and O–H groups in total. The topological polar surface area (TPSA) is 80.5 Å². The Bertz CT molecular complexity index is 1080. The highest BCUT2D eigenvalue weighted by Gasteiger charge is 2.24. The molecular formula is C27H32N4O2. The summed E-state index contributed by atoms with van der Waals surface area (Å²) < 4.78 is 5.33. The van der Waals surface area contributed by atoms with E-state index in [4.69, 9.17) is 10.5 Å². The average molecular weight is 445 g/mol. The number of amides is 1.